The van der Waals surface area contributed by atoms with Crippen LogP contribution in [0.3, 0.4) is 0 Å². The quantitative estimate of drug-likeness (QED) is 0.193. The van der Waals surface area contributed by atoms with Gasteiger partial charge in [-0.05, 0) is 54.0 Å². The van der Waals surface area contributed by atoms with E-state index in [-0.39, 0.29) is 17.3 Å². The van der Waals surface area contributed by atoms with E-state index >= 15 is 0 Å². The van der Waals surface area contributed by atoms with Crippen molar-refractivity contribution < 1.29 is 23.9 Å². The standard InChI is InChI=1S/C25H19ClN2O6/c1-15-5-3-4-6-18(15)14-33-23-20(26)11-16(13-22(23)32-2)12-21-25(29)34-24(27-21)17-7-9-19(10-8-17)28(30)31/h3-13H,14H2,1-2H3/b21-12-. The van der Waals surface area contributed by atoms with Crippen molar-refractivity contribution in [1.29, 1.82) is 0 Å². The average Bonchev–Trinajstić information content (AvgIpc) is 3.19. The van der Waals surface area contributed by atoms with Gasteiger partial charge in [0.25, 0.3) is 5.69 Å². The number of non-ortho nitro benzene ring substituents is 1. The molecular formula is C25H19ClN2O6. The van der Waals surface area contributed by atoms with Crippen molar-refractivity contribution in [2.75, 3.05) is 7.11 Å². The molecule has 4 rings (SSSR count). The number of methoxy groups -OCH3 is 1. The van der Waals surface area contributed by atoms with E-state index in [4.69, 9.17) is 25.8 Å². The molecule has 0 aromatic heterocycles. The number of hydrogen-bond donors (Lipinski definition) is 0. The molecule has 0 fully saturated rings. The highest BCUT2D eigenvalue weighted by molar-refractivity contribution is 6.32. The Morgan fingerprint density at radius 3 is 2.56 bits per heavy atom. The van der Waals surface area contributed by atoms with Gasteiger partial charge in [-0.1, -0.05) is 35.9 Å². The summed E-state index contributed by atoms with van der Waals surface area (Å²) in [4.78, 5) is 26.9. The van der Waals surface area contributed by atoms with Crippen molar-refractivity contribution in [2.24, 2.45) is 4.99 Å². The number of aliphatic imine (C=N–C) groups is 1. The third-order valence-electron chi connectivity index (χ3n) is 5.13. The summed E-state index contributed by atoms with van der Waals surface area (Å²) in [6.45, 7) is 2.32. The number of nitro groups is 1. The fourth-order valence-corrected chi connectivity index (χ4v) is 3.58. The lowest BCUT2D eigenvalue weighted by Crippen LogP contribution is -2.05. The van der Waals surface area contributed by atoms with E-state index < -0.39 is 10.9 Å². The summed E-state index contributed by atoms with van der Waals surface area (Å²) in [5, 5.41) is 11.1. The molecule has 0 saturated carbocycles. The van der Waals surface area contributed by atoms with Crippen LogP contribution in [0.2, 0.25) is 5.02 Å². The minimum absolute atomic E-state index is 0.0556. The summed E-state index contributed by atoms with van der Waals surface area (Å²) in [5.41, 5.74) is 3.11. The topological polar surface area (TPSA) is 100 Å². The molecule has 172 valence electrons. The lowest BCUT2D eigenvalue weighted by molar-refractivity contribution is -0.384. The Hall–Kier alpha value is -4.17. The third kappa shape index (κ3) is 4.92. The number of nitro benzene ring substituents is 1. The van der Waals surface area contributed by atoms with Crippen LogP contribution in [0.15, 0.2) is 71.4 Å². The summed E-state index contributed by atoms with van der Waals surface area (Å²) in [7, 11) is 1.50. The number of cyclic esters (lactones) is 1. The first-order valence-electron chi connectivity index (χ1n) is 10.2. The highest BCUT2D eigenvalue weighted by Gasteiger charge is 2.25. The lowest BCUT2D eigenvalue weighted by atomic mass is 10.1. The van der Waals surface area contributed by atoms with E-state index in [2.05, 4.69) is 4.99 Å². The normalized spacial score (nSPS) is 14.0. The van der Waals surface area contributed by atoms with Gasteiger partial charge in [-0.3, -0.25) is 10.1 Å². The minimum atomic E-state index is -0.650. The van der Waals surface area contributed by atoms with Crippen LogP contribution in [0.5, 0.6) is 11.5 Å². The first-order chi connectivity index (χ1) is 16.4. The van der Waals surface area contributed by atoms with Crippen LogP contribution in [-0.4, -0.2) is 23.9 Å². The molecule has 1 aliphatic rings. The number of hydrogen-bond acceptors (Lipinski definition) is 7. The molecule has 3 aromatic rings. The van der Waals surface area contributed by atoms with E-state index in [9.17, 15) is 14.9 Å². The molecule has 0 unspecified atom stereocenters. The van der Waals surface area contributed by atoms with Crippen molar-refractivity contribution in [3.8, 4) is 11.5 Å². The largest absolute Gasteiger partial charge is 0.493 e. The molecule has 0 amide bonds. The maximum absolute atomic E-state index is 12.3. The molecule has 0 saturated heterocycles. The maximum Gasteiger partial charge on any atom is 0.363 e. The molecule has 1 aliphatic heterocycles. The van der Waals surface area contributed by atoms with Crippen LogP contribution < -0.4 is 9.47 Å². The minimum Gasteiger partial charge on any atom is -0.493 e. The zero-order valence-electron chi connectivity index (χ0n) is 18.3. The molecule has 9 heteroatoms. The Balaban J connectivity index is 1.58. The Bertz CT molecular complexity index is 1330. The Kier molecular flexibility index (Phi) is 6.60. The van der Waals surface area contributed by atoms with Gasteiger partial charge in [-0.2, -0.15) is 0 Å². The number of rotatable bonds is 7. The molecule has 0 bridgehead atoms. The fraction of sp³-hybridized carbons (Fsp3) is 0.120. The smallest absolute Gasteiger partial charge is 0.363 e. The van der Waals surface area contributed by atoms with Crippen LogP contribution in [-0.2, 0) is 16.1 Å². The van der Waals surface area contributed by atoms with Gasteiger partial charge in [-0.15, -0.1) is 0 Å². The number of ether oxygens (including phenoxy) is 3. The highest BCUT2D eigenvalue weighted by Crippen LogP contribution is 2.38. The van der Waals surface area contributed by atoms with E-state index in [0.717, 1.165) is 11.1 Å². The molecule has 0 aliphatic carbocycles. The van der Waals surface area contributed by atoms with Crippen molar-refractivity contribution >= 4 is 35.2 Å². The summed E-state index contributed by atoms with van der Waals surface area (Å²) >= 11 is 6.46. The predicted molar refractivity (Wildman–Crippen MR) is 127 cm³/mol. The second kappa shape index (κ2) is 9.76. The summed E-state index contributed by atoms with van der Waals surface area (Å²) < 4.78 is 16.6. The molecular weight excluding hydrogens is 460 g/mol. The van der Waals surface area contributed by atoms with E-state index in [1.807, 2.05) is 31.2 Å². The van der Waals surface area contributed by atoms with Crippen LogP contribution in [0.1, 0.15) is 22.3 Å². The first-order valence-corrected chi connectivity index (χ1v) is 10.6. The van der Waals surface area contributed by atoms with Crippen molar-refractivity contribution in [3.05, 3.63) is 104 Å². The zero-order chi connectivity index (χ0) is 24.2. The second-order valence-corrected chi connectivity index (χ2v) is 7.80. The number of carbonyl (C=O) groups is 1. The zero-order valence-corrected chi connectivity index (χ0v) is 19.0. The first kappa shape index (κ1) is 23.0. The number of nitrogens with zero attached hydrogens (tertiary/aromatic N) is 2. The summed E-state index contributed by atoms with van der Waals surface area (Å²) in [6.07, 6.45) is 1.51. The molecule has 0 N–H and O–H groups in total. The van der Waals surface area contributed by atoms with E-state index in [1.54, 1.807) is 12.1 Å². The highest BCUT2D eigenvalue weighted by atomic mass is 35.5. The van der Waals surface area contributed by atoms with Gasteiger partial charge in [0.2, 0.25) is 5.90 Å². The van der Waals surface area contributed by atoms with Gasteiger partial charge in [-0.25, -0.2) is 9.79 Å². The number of aryl methyl sites for hydroxylation is 1. The SMILES string of the molecule is COc1cc(/C=C2\N=C(c3ccc([N+](=O)[O-])cc3)OC2=O)cc(Cl)c1OCc1ccccc1C. The van der Waals surface area contributed by atoms with Crippen LogP contribution in [0, 0.1) is 17.0 Å². The Labute approximate surface area is 200 Å². The van der Waals surface area contributed by atoms with Gasteiger partial charge >= 0.3 is 5.97 Å². The third-order valence-corrected chi connectivity index (χ3v) is 5.41. The van der Waals surface area contributed by atoms with Gasteiger partial charge in [0, 0.05) is 17.7 Å². The average molecular weight is 479 g/mol. The van der Waals surface area contributed by atoms with Crippen LogP contribution in [0.4, 0.5) is 5.69 Å². The molecule has 34 heavy (non-hydrogen) atoms. The molecule has 0 radical (unpaired) electrons. The van der Waals surface area contributed by atoms with Gasteiger partial charge < -0.3 is 14.2 Å². The number of esters is 1. The molecule has 0 spiro atoms. The Morgan fingerprint density at radius 2 is 1.88 bits per heavy atom. The molecule has 0 atom stereocenters. The summed E-state index contributed by atoms with van der Waals surface area (Å²) in [5.74, 6) is 0.197. The van der Waals surface area contributed by atoms with Crippen LogP contribution >= 0.6 is 11.6 Å². The lowest BCUT2D eigenvalue weighted by Gasteiger charge is -2.14. The number of carbonyl (C=O) groups excluding carboxylic acids is 1. The molecule has 1 heterocycles. The fourth-order valence-electron chi connectivity index (χ4n) is 3.30. The van der Waals surface area contributed by atoms with E-state index in [0.29, 0.717) is 34.3 Å². The predicted octanol–water partition coefficient (Wildman–Crippen LogP) is 5.49. The molecule has 8 nitrogen and oxygen atoms in total. The van der Waals surface area contributed by atoms with Gasteiger partial charge in [0.05, 0.1) is 17.1 Å². The van der Waals surface area contributed by atoms with Crippen molar-refractivity contribution in [2.45, 2.75) is 13.5 Å². The van der Waals surface area contributed by atoms with Gasteiger partial charge in [0.1, 0.15) is 6.61 Å². The summed E-state index contributed by atoms with van der Waals surface area (Å²) in [6, 6.07) is 16.7. The van der Waals surface area contributed by atoms with Crippen molar-refractivity contribution in [3.63, 3.8) is 0 Å². The molecule has 3 aromatic carbocycles. The van der Waals surface area contributed by atoms with E-state index in [1.165, 1.54) is 37.5 Å². The van der Waals surface area contributed by atoms with Gasteiger partial charge in [0.15, 0.2) is 17.2 Å². The monoisotopic (exact) mass is 478 g/mol. The second-order valence-electron chi connectivity index (χ2n) is 7.39. The van der Waals surface area contributed by atoms with Crippen molar-refractivity contribution in [1.82, 2.24) is 0 Å². The number of benzene rings is 3. The Morgan fingerprint density at radius 1 is 1.15 bits per heavy atom. The maximum atomic E-state index is 12.3. The van der Waals surface area contributed by atoms with Crippen LogP contribution in [0.25, 0.3) is 6.08 Å². The number of halogens is 1.